The number of morpholine rings is 1. The Bertz CT molecular complexity index is 967. The maximum absolute atomic E-state index is 12.4. The first-order valence-corrected chi connectivity index (χ1v) is 9.12. The van der Waals surface area contributed by atoms with Crippen molar-refractivity contribution < 1.29 is 9.53 Å². The van der Waals surface area contributed by atoms with Crippen molar-refractivity contribution in [2.24, 2.45) is 0 Å². The second-order valence-electron chi connectivity index (χ2n) is 6.68. The first-order chi connectivity index (χ1) is 13.2. The van der Waals surface area contributed by atoms with Gasteiger partial charge >= 0.3 is 0 Å². The summed E-state index contributed by atoms with van der Waals surface area (Å²) in [6.45, 7) is 5.07. The predicted octanol–water partition coefficient (Wildman–Crippen LogP) is 2.96. The number of hydrogen-bond donors (Lipinski definition) is 1. The molecule has 0 saturated carbocycles. The fourth-order valence-electron chi connectivity index (χ4n) is 3.33. The quantitative estimate of drug-likeness (QED) is 0.773. The first-order valence-electron chi connectivity index (χ1n) is 9.12. The summed E-state index contributed by atoms with van der Waals surface area (Å²) in [7, 11) is 0. The minimum absolute atomic E-state index is 0.0360. The number of amides is 1. The van der Waals surface area contributed by atoms with Crippen molar-refractivity contribution >= 4 is 28.3 Å². The molecular weight excluding hydrogens is 340 g/mol. The summed E-state index contributed by atoms with van der Waals surface area (Å²) >= 11 is 0. The highest BCUT2D eigenvalue weighted by Crippen LogP contribution is 2.26. The van der Waals surface area contributed by atoms with Crippen LogP contribution in [0.4, 0.5) is 11.5 Å². The third-order valence-corrected chi connectivity index (χ3v) is 4.82. The van der Waals surface area contributed by atoms with Gasteiger partial charge in [-0.25, -0.2) is 9.97 Å². The Morgan fingerprint density at radius 1 is 1.15 bits per heavy atom. The lowest BCUT2D eigenvalue weighted by Crippen LogP contribution is -2.36. The van der Waals surface area contributed by atoms with Crippen LogP contribution in [0.2, 0.25) is 0 Å². The van der Waals surface area contributed by atoms with Crippen LogP contribution in [-0.4, -0.2) is 42.2 Å². The number of benzene rings is 2. The van der Waals surface area contributed by atoms with Crippen molar-refractivity contribution in [3.63, 3.8) is 0 Å². The Kier molecular flexibility index (Phi) is 4.98. The number of aryl methyl sites for hydroxylation is 1. The second kappa shape index (κ2) is 7.72. The van der Waals surface area contributed by atoms with Crippen molar-refractivity contribution in [2.45, 2.75) is 13.3 Å². The van der Waals surface area contributed by atoms with E-state index in [9.17, 15) is 4.79 Å². The molecule has 0 radical (unpaired) electrons. The molecule has 0 spiro atoms. The SMILES string of the molecule is Cc1ccccc1CC(=O)Nc1ccc2c(N3CCOCC3)ncnc2c1. The number of hydrogen-bond acceptors (Lipinski definition) is 5. The van der Waals surface area contributed by atoms with Crippen LogP contribution in [0.25, 0.3) is 10.9 Å². The van der Waals surface area contributed by atoms with Gasteiger partial charge in [-0.1, -0.05) is 24.3 Å². The molecule has 1 aliphatic rings. The molecule has 1 N–H and O–H groups in total. The fraction of sp³-hybridized carbons (Fsp3) is 0.286. The van der Waals surface area contributed by atoms with Gasteiger partial charge in [0.05, 0.1) is 25.2 Å². The van der Waals surface area contributed by atoms with Crippen LogP contribution in [0.5, 0.6) is 0 Å². The lowest BCUT2D eigenvalue weighted by Gasteiger charge is -2.28. The average molecular weight is 362 g/mol. The monoisotopic (exact) mass is 362 g/mol. The molecule has 0 bridgehead atoms. The van der Waals surface area contributed by atoms with Crippen molar-refractivity contribution in [3.8, 4) is 0 Å². The highest BCUT2D eigenvalue weighted by molar-refractivity contribution is 5.97. The van der Waals surface area contributed by atoms with Gasteiger partial charge in [-0.05, 0) is 36.2 Å². The number of fused-ring (bicyclic) bond motifs is 1. The zero-order valence-electron chi connectivity index (χ0n) is 15.3. The van der Waals surface area contributed by atoms with Crippen molar-refractivity contribution in [1.82, 2.24) is 9.97 Å². The summed E-state index contributed by atoms with van der Waals surface area (Å²) in [5.41, 5.74) is 3.72. The van der Waals surface area contributed by atoms with E-state index < -0.39 is 0 Å². The Morgan fingerprint density at radius 2 is 1.96 bits per heavy atom. The van der Waals surface area contributed by atoms with Crippen LogP contribution in [0.15, 0.2) is 48.8 Å². The number of carbonyl (C=O) groups is 1. The Hall–Kier alpha value is -2.99. The molecule has 1 fully saturated rings. The topological polar surface area (TPSA) is 67.4 Å². The smallest absolute Gasteiger partial charge is 0.228 e. The summed E-state index contributed by atoms with van der Waals surface area (Å²) in [6, 6.07) is 13.7. The average Bonchev–Trinajstić information content (AvgIpc) is 2.70. The molecule has 6 nitrogen and oxygen atoms in total. The highest BCUT2D eigenvalue weighted by atomic mass is 16.5. The van der Waals surface area contributed by atoms with E-state index in [-0.39, 0.29) is 5.91 Å². The molecule has 27 heavy (non-hydrogen) atoms. The number of ether oxygens (including phenoxy) is 1. The van der Waals surface area contributed by atoms with E-state index in [1.54, 1.807) is 6.33 Å². The summed E-state index contributed by atoms with van der Waals surface area (Å²) in [5.74, 6) is 0.882. The van der Waals surface area contributed by atoms with Gasteiger partial charge in [0, 0.05) is 24.2 Å². The Labute approximate surface area is 158 Å². The minimum atomic E-state index is -0.0360. The standard InChI is InChI=1S/C21H22N4O2/c1-15-4-2-3-5-16(15)12-20(26)24-17-6-7-18-19(13-17)22-14-23-21(18)25-8-10-27-11-9-25/h2-7,13-14H,8-12H2,1H3,(H,24,26). The molecule has 0 unspecified atom stereocenters. The van der Waals surface area contributed by atoms with Crippen molar-refractivity contribution in [3.05, 3.63) is 59.9 Å². The minimum Gasteiger partial charge on any atom is -0.378 e. The third-order valence-electron chi connectivity index (χ3n) is 4.82. The van der Waals surface area contributed by atoms with Gasteiger partial charge in [-0.2, -0.15) is 0 Å². The Morgan fingerprint density at radius 3 is 2.78 bits per heavy atom. The van der Waals surface area contributed by atoms with Crippen molar-refractivity contribution in [2.75, 3.05) is 36.5 Å². The number of aromatic nitrogens is 2. The van der Waals surface area contributed by atoms with Gasteiger partial charge in [0.25, 0.3) is 0 Å². The van der Waals surface area contributed by atoms with E-state index in [4.69, 9.17) is 4.74 Å². The van der Waals surface area contributed by atoms with E-state index in [0.717, 1.165) is 46.6 Å². The van der Waals surface area contributed by atoms with Crippen molar-refractivity contribution in [1.29, 1.82) is 0 Å². The Balaban J connectivity index is 1.53. The number of carbonyl (C=O) groups excluding carboxylic acids is 1. The first kappa shape index (κ1) is 17.4. The fourth-order valence-corrected chi connectivity index (χ4v) is 3.33. The van der Waals surface area contributed by atoms with E-state index in [2.05, 4.69) is 20.2 Å². The zero-order valence-corrected chi connectivity index (χ0v) is 15.3. The highest BCUT2D eigenvalue weighted by Gasteiger charge is 2.16. The van der Waals surface area contributed by atoms with Gasteiger partial charge in [-0.15, -0.1) is 0 Å². The zero-order chi connectivity index (χ0) is 18.6. The predicted molar refractivity (Wildman–Crippen MR) is 106 cm³/mol. The van der Waals surface area contributed by atoms with Crippen LogP contribution >= 0.6 is 0 Å². The van der Waals surface area contributed by atoms with Crippen LogP contribution in [-0.2, 0) is 16.0 Å². The van der Waals surface area contributed by atoms with Gasteiger partial charge in [-0.3, -0.25) is 4.79 Å². The molecule has 6 heteroatoms. The molecule has 0 atom stereocenters. The molecule has 1 aliphatic heterocycles. The normalized spacial score (nSPS) is 14.3. The summed E-state index contributed by atoms with van der Waals surface area (Å²) in [5, 5.41) is 3.96. The molecule has 1 saturated heterocycles. The van der Waals surface area contributed by atoms with Crippen LogP contribution in [0.1, 0.15) is 11.1 Å². The molecule has 1 amide bonds. The maximum atomic E-state index is 12.4. The number of anilines is 2. The molecule has 138 valence electrons. The van der Waals surface area contributed by atoms with Gasteiger partial charge < -0.3 is 15.0 Å². The van der Waals surface area contributed by atoms with E-state index in [1.807, 2.05) is 49.4 Å². The molecule has 1 aromatic heterocycles. The van der Waals surface area contributed by atoms with Gasteiger partial charge in [0.1, 0.15) is 12.1 Å². The largest absolute Gasteiger partial charge is 0.378 e. The summed E-state index contributed by atoms with van der Waals surface area (Å²) < 4.78 is 5.42. The second-order valence-corrected chi connectivity index (χ2v) is 6.68. The lowest BCUT2D eigenvalue weighted by molar-refractivity contribution is -0.115. The van der Waals surface area contributed by atoms with Gasteiger partial charge in [0.2, 0.25) is 5.91 Å². The summed E-state index contributed by atoms with van der Waals surface area (Å²) in [4.78, 5) is 23.5. The molecular formula is C21H22N4O2. The molecule has 2 heterocycles. The van der Waals surface area contributed by atoms with Crippen LogP contribution in [0, 0.1) is 6.92 Å². The van der Waals surface area contributed by atoms with Crippen LogP contribution < -0.4 is 10.2 Å². The third kappa shape index (κ3) is 3.90. The molecule has 2 aromatic carbocycles. The van der Waals surface area contributed by atoms with Crippen LogP contribution in [0.3, 0.4) is 0 Å². The van der Waals surface area contributed by atoms with E-state index in [0.29, 0.717) is 19.6 Å². The molecule has 3 aromatic rings. The van der Waals surface area contributed by atoms with E-state index >= 15 is 0 Å². The number of rotatable bonds is 4. The van der Waals surface area contributed by atoms with Gasteiger partial charge in [0.15, 0.2) is 0 Å². The summed E-state index contributed by atoms with van der Waals surface area (Å²) in [6.07, 6.45) is 1.93. The van der Waals surface area contributed by atoms with E-state index in [1.165, 1.54) is 0 Å². The maximum Gasteiger partial charge on any atom is 0.228 e. The number of nitrogens with one attached hydrogen (secondary N) is 1. The molecule has 0 aliphatic carbocycles. The number of nitrogens with zero attached hydrogens (tertiary/aromatic N) is 3. The molecule has 4 rings (SSSR count). The lowest BCUT2D eigenvalue weighted by atomic mass is 10.1.